The molecule has 1 aliphatic rings. The average molecular weight is 283 g/mol. The lowest BCUT2D eigenvalue weighted by Crippen LogP contribution is -2.62. The lowest BCUT2D eigenvalue weighted by atomic mass is 9.93. The number of halogens is 1. The van der Waals surface area contributed by atoms with E-state index in [-0.39, 0.29) is 5.54 Å². The quantitative estimate of drug-likeness (QED) is 0.920. The molecule has 0 bridgehead atoms. The largest absolute Gasteiger partial charge is 0.495 e. The van der Waals surface area contributed by atoms with E-state index in [0.717, 1.165) is 36.0 Å². The molecule has 1 fully saturated rings. The predicted octanol–water partition coefficient (Wildman–Crippen LogP) is 3.32. The first-order chi connectivity index (χ1) is 8.99. The summed E-state index contributed by atoms with van der Waals surface area (Å²) in [5.74, 6) is 0.886. The zero-order valence-corrected chi connectivity index (χ0v) is 12.9. The van der Waals surface area contributed by atoms with Gasteiger partial charge in [0.1, 0.15) is 5.75 Å². The minimum absolute atomic E-state index is 0.139. The van der Waals surface area contributed by atoms with Crippen LogP contribution in [0.2, 0.25) is 5.02 Å². The smallest absolute Gasteiger partial charge is 0.142 e. The monoisotopic (exact) mass is 282 g/mol. The summed E-state index contributed by atoms with van der Waals surface area (Å²) in [4.78, 5) is 2.39. The van der Waals surface area contributed by atoms with Crippen molar-refractivity contribution in [2.24, 2.45) is 0 Å². The predicted molar refractivity (Wildman–Crippen MR) is 81.5 cm³/mol. The molecular weight excluding hydrogens is 260 g/mol. The van der Waals surface area contributed by atoms with Gasteiger partial charge in [-0.15, -0.1) is 0 Å². The fraction of sp³-hybridized carbons (Fsp3) is 0.600. The lowest BCUT2D eigenvalue weighted by Gasteiger charge is -2.46. The Labute approximate surface area is 120 Å². The van der Waals surface area contributed by atoms with E-state index in [4.69, 9.17) is 16.3 Å². The van der Waals surface area contributed by atoms with Crippen molar-refractivity contribution in [1.29, 1.82) is 0 Å². The van der Waals surface area contributed by atoms with Gasteiger partial charge in [0, 0.05) is 29.7 Å². The van der Waals surface area contributed by atoms with Crippen LogP contribution in [0.4, 0.5) is 5.69 Å². The van der Waals surface area contributed by atoms with E-state index in [0.29, 0.717) is 6.04 Å². The Morgan fingerprint density at radius 3 is 2.89 bits per heavy atom. The van der Waals surface area contributed by atoms with E-state index in [1.54, 1.807) is 7.11 Å². The molecule has 2 rings (SSSR count). The van der Waals surface area contributed by atoms with Gasteiger partial charge in [0.15, 0.2) is 0 Å². The molecule has 0 spiro atoms. The first-order valence-electron chi connectivity index (χ1n) is 6.84. The molecule has 1 aromatic carbocycles. The van der Waals surface area contributed by atoms with E-state index in [9.17, 15) is 0 Å². The van der Waals surface area contributed by atoms with Crippen LogP contribution in [0.3, 0.4) is 0 Å². The van der Waals surface area contributed by atoms with Gasteiger partial charge in [-0.25, -0.2) is 0 Å². The van der Waals surface area contributed by atoms with Gasteiger partial charge in [-0.3, -0.25) is 0 Å². The van der Waals surface area contributed by atoms with Gasteiger partial charge < -0.3 is 15.0 Å². The summed E-state index contributed by atoms with van der Waals surface area (Å²) in [5.41, 5.74) is 1.23. The van der Waals surface area contributed by atoms with E-state index in [1.165, 1.54) is 0 Å². The number of nitrogens with zero attached hydrogens (tertiary/aromatic N) is 1. The number of ether oxygens (including phenoxy) is 1. The fourth-order valence-electron chi connectivity index (χ4n) is 2.54. The van der Waals surface area contributed by atoms with Gasteiger partial charge in [-0.2, -0.15) is 0 Å². The number of benzene rings is 1. The number of nitrogens with one attached hydrogen (secondary N) is 1. The van der Waals surface area contributed by atoms with Crippen molar-refractivity contribution < 1.29 is 4.74 Å². The number of rotatable bonds is 3. The summed E-state index contributed by atoms with van der Waals surface area (Å²) >= 11 is 6.15. The van der Waals surface area contributed by atoms with Crippen molar-refractivity contribution in [3.8, 4) is 5.75 Å². The number of piperazine rings is 1. The Hall–Kier alpha value is -0.930. The molecule has 1 N–H and O–H groups in total. The highest BCUT2D eigenvalue weighted by Gasteiger charge is 2.33. The molecular formula is C15H23ClN2O. The molecule has 1 aromatic rings. The highest BCUT2D eigenvalue weighted by Crippen LogP contribution is 2.35. The molecule has 19 heavy (non-hydrogen) atoms. The molecule has 0 aliphatic carbocycles. The number of anilines is 1. The zero-order valence-electron chi connectivity index (χ0n) is 12.2. The normalized spacial score (nSPS) is 27.4. The summed E-state index contributed by atoms with van der Waals surface area (Å²) in [6.07, 6.45) is 1.10. The third kappa shape index (κ3) is 2.98. The molecule has 1 saturated heterocycles. The fourth-order valence-corrected chi connectivity index (χ4v) is 2.71. The Bertz CT molecular complexity index is 452. The topological polar surface area (TPSA) is 24.5 Å². The van der Waals surface area contributed by atoms with Gasteiger partial charge >= 0.3 is 0 Å². The first kappa shape index (κ1) is 14.5. The van der Waals surface area contributed by atoms with Crippen LogP contribution in [-0.4, -0.2) is 31.8 Å². The van der Waals surface area contributed by atoms with Crippen molar-refractivity contribution in [1.82, 2.24) is 5.32 Å². The van der Waals surface area contributed by atoms with Crippen molar-refractivity contribution in [3.05, 3.63) is 23.2 Å². The van der Waals surface area contributed by atoms with E-state index in [1.807, 2.05) is 18.2 Å². The van der Waals surface area contributed by atoms with Gasteiger partial charge in [0.05, 0.1) is 12.8 Å². The number of methoxy groups -OCH3 is 1. The van der Waals surface area contributed by atoms with Crippen molar-refractivity contribution >= 4 is 17.3 Å². The molecule has 4 heteroatoms. The molecule has 3 nitrogen and oxygen atoms in total. The maximum atomic E-state index is 6.15. The Balaban J connectivity index is 2.35. The van der Waals surface area contributed by atoms with Crippen LogP contribution in [0.15, 0.2) is 18.2 Å². The third-order valence-corrected chi connectivity index (χ3v) is 4.34. The second kappa shape index (κ2) is 5.59. The summed E-state index contributed by atoms with van der Waals surface area (Å²) < 4.78 is 5.48. The number of hydrogen-bond acceptors (Lipinski definition) is 3. The van der Waals surface area contributed by atoms with Crippen LogP contribution in [-0.2, 0) is 0 Å². The van der Waals surface area contributed by atoms with Crippen molar-refractivity contribution in [3.63, 3.8) is 0 Å². The van der Waals surface area contributed by atoms with Crippen LogP contribution in [0.25, 0.3) is 0 Å². The van der Waals surface area contributed by atoms with Crippen LogP contribution in [0, 0.1) is 0 Å². The lowest BCUT2D eigenvalue weighted by molar-refractivity contribution is 0.283. The highest BCUT2D eigenvalue weighted by atomic mass is 35.5. The third-order valence-electron chi connectivity index (χ3n) is 4.11. The Morgan fingerprint density at radius 1 is 1.53 bits per heavy atom. The standard InChI is InChI=1S/C15H23ClN2O/c1-5-15(3)10-18(11(2)9-17-15)13-8-12(16)6-7-14(13)19-4/h6-8,11,17H,5,9-10H2,1-4H3. The van der Waals surface area contributed by atoms with Gasteiger partial charge in [0.25, 0.3) is 0 Å². The summed E-state index contributed by atoms with van der Waals surface area (Å²) in [6.45, 7) is 8.64. The molecule has 2 unspecified atom stereocenters. The van der Waals surface area contributed by atoms with Gasteiger partial charge in [0.2, 0.25) is 0 Å². The van der Waals surface area contributed by atoms with E-state index >= 15 is 0 Å². The summed E-state index contributed by atoms with van der Waals surface area (Å²) in [7, 11) is 1.71. The van der Waals surface area contributed by atoms with Gasteiger partial charge in [-0.1, -0.05) is 18.5 Å². The molecule has 0 radical (unpaired) electrons. The van der Waals surface area contributed by atoms with E-state index in [2.05, 4.69) is 31.0 Å². The number of hydrogen-bond donors (Lipinski definition) is 1. The Morgan fingerprint density at radius 2 is 2.26 bits per heavy atom. The minimum atomic E-state index is 0.139. The molecule has 0 amide bonds. The van der Waals surface area contributed by atoms with E-state index < -0.39 is 0 Å². The second-order valence-electron chi connectivity index (χ2n) is 5.59. The van der Waals surface area contributed by atoms with Gasteiger partial charge in [-0.05, 0) is 38.5 Å². The maximum Gasteiger partial charge on any atom is 0.142 e. The van der Waals surface area contributed by atoms with Crippen molar-refractivity contribution in [2.45, 2.75) is 38.8 Å². The summed E-state index contributed by atoms with van der Waals surface area (Å²) in [6, 6.07) is 6.23. The van der Waals surface area contributed by atoms with Crippen LogP contribution >= 0.6 is 11.6 Å². The maximum absolute atomic E-state index is 6.15. The molecule has 2 atom stereocenters. The van der Waals surface area contributed by atoms with Crippen LogP contribution in [0.1, 0.15) is 27.2 Å². The molecule has 106 valence electrons. The first-order valence-corrected chi connectivity index (χ1v) is 7.22. The van der Waals surface area contributed by atoms with Crippen LogP contribution in [0.5, 0.6) is 5.75 Å². The molecule has 1 aliphatic heterocycles. The summed E-state index contributed by atoms with van der Waals surface area (Å²) in [5, 5.41) is 4.38. The molecule has 0 aromatic heterocycles. The minimum Gasteiger partial charge on any atom is -0.495 e. The highest BCUT2D eigenvalue weighted by molar-refractivity contribution is 6.30. The van der Waals surface area contributed by atoms with Crippen molar-refractivity contribution in [2.75, 3.05) is 25.1 Å². The molecule has 0 saturated carbocycles. The zero-order chi connectivity index (χ0) is 14.0. The SMILES string of the molecule is CCC1(C)CN(c2cc(Cl)ccc2OC)C(C)CN1. The van der Waals surface area contributed by atoms with Crippen LogP contribution < -0.4 is 15.0 Å². The second-order valence-corrected chi connectivity index (χ2v) is 6.02. The Kier molecular flexibility index (Phi) is 4.26. The molecule has 1 heterocycles. The average Bonchev–Trinajstić information content (AvgIpc) is 2.42.